The number of nitrogens with zero attached hydrogens (tertiary/aromatic N) is 1. The van der Waals surface area contributed by atoms with Crippen molar-refractivity contribution in [1.29, 1.82) is 0 Å². The number of halogens is 1. The maximum atomic E-state index is 12.2. The molecule has 0 saturated carbocycles. The topological polar surface area (TPSA) is 59.5 Å². The van der Waals surface area contributed by atoms with Gasteiger partial charge >= 0.3 is 0 Å². The lowest BCUT2D eigenvalue weighted by Crippen LogP contribution is -2.42. The van der Waals surface area contributed by atoms with Gasteiger partial charge in [0.25, 0.3) is 5.91 Å². The van der Waals surface area contributed by atoms with E-state index < -0.39 is 0 Å². The third-order valence-corrected chi connectivity index (χ3v) is 3.10. The second-order valence-corrected chi connectivity index (χ2v) is 4.46. The molecule has 1 saturated heterocycles. The standard InChI is InChI=1S/C12H18N2O2.ClH/c1-8-7-11(9(2)16-8)12(15)14-5-3-10(13)4-6-14;/h7,10H,3-6,13H2,1-2H3;1H. The first-order valence-corrected chi connectivity index (χ1v) is 5.70. The first-order chi connectivity index (χ1) is 7.58. The van der Waals surface area contributed by atoms with Crippen LogP contribution in [0.5, 0.6) is 0 Å². The third-order valence-electron chi connectivity index (χ3n) is 3.10. The van der Waals surface area contributed by atoms with E-state index in [0.717, 1.165) is 31.7 Å². The molecule has 5 heteroatoms. The average Bonchev–Trinajstić information content (AvgIpc) is 2.58. The Kier molecular flexibility index (Phi) is 4.60. The number of amides is 1. The summed E-state index contributed by atoms with van der Waals surface area (Å²) in [6.45, 7) is 5.19. The van der Waals surface area contributed by atoms with Crippen LogP contribution in [0.4, 0.5) is 0 Å². The molecule has 17 heavy (non-hydrogen) atoms. The molecule has 2 heterocycles. The highest BCUT2D eigenvalue weighted by molar-refractivity contribution is 5.95. The SMILES string of the molecule is Cc1cc(C(=O)N2CCC(N)CC2)c(C)o1.Cl. The van der Waals surface area contributed by atoms with Crippen LogP contribution in [0.2, 0.25) is 0 Å². The molecule has 4 nitrogen and oxygen atoms in total. The number of rotatable bonds is 1. The van der Waals surface area contributed by atoms with Crippen molar-refractivity contribution in [2.24, 2.45) is 5.73 Å². The van der Waals surface area contributed by atoms with E-state index in [2.05, 4.69) is 0 Å². The van der Waals surface area contributed by atoms with Gasteiger partial charge in [0.2, 0.25) is 0 Å². The van der Waals surface area contributed by atoms with Crippen molar-refractivity contribution in [3.63, 3.8) is 0 Å². The zero-order valence-electron chi connectivity index (χ0n) is 10.2. The summed E-state index contributed by atoms with van der Waals surface area (Å²) >= 11 is 0. The number of aryl methyl sites for hydroxylation is 2. The average molecular weight is 259 g/mol. The summed E-state index contributed by atoms with van der Waals surface area (Å²) in [4.78, 5) is 14.0. The molecule has 0 spiro atoms. The zero-order valence-corrected chi connectivity index (χ0v) is 11.0. The maximum absolute atomic E-state index is 12.2. The molecular formula is C12H19ClN2O2. The second kappa shape index (κ2) is 5.56. The van der Waals surface area contributed by atoms with Crippen LogP contribution in [0.1, 0.15) is 34.7 Å². The maximum Gasteiger partial charge on any atom is 0.257 e. The van der Waals surface area contributed by atoms with Gasteiger partial charge in [-0.3, -0.25) is 4.79 Å². The van der Waals surface area contributed by atoms with E-state index in [1.165, 1.54) is 0 Å². The number of hydrogen-bond donors (Lipinski definition) is 1. The Hall–Kier alpha value is -1.000. The minimum atomic E-state index is 0. The molecule has 0 unspecified atom stereocenters. The highest BCUT2D eigenvalue weighted by Crippen LogP contribution is 2.18. The molecule has 0 bridgehead atoms. The van der Waals surface area contributed by atoms with Crippen LogP contribution in [-0.4, -0.2) is 29.9 Å². The molecule has 2 N–H and O–H groups in total. The van der Waals surface area contributed by atoms with Crippen LogP contribution in [0, 0.1) is 13.8 Å². The number of carbonyl (C=O) groups is 1. The van der Waals surface area contributed by atoms with Gasteiger partial charge in [-0.25, -0.2) is 0 Å². The van der Waals surface area contributed by atoms with Gasteiger partial charge < -0.3 is 15.1 Å². The molecule has 1 aliphatic rings. The Morgan fingerprint density at radius 3 is 2.47 bits per heavy atom. The smallest absolute Gasteiger partial charge is 0.257 e. The molecule has 1 aromatic heterocycles. The number of nitrogens with two attached hydrogens (primary N) is 1. The van der Waals surface area contributed by atoms with Crippen molar-refractivity contribution in [2.75, 3.05) is 13.1 Å². The Morgan fingerprint density at radius 2 is 2.00 bits per heavy atom. The molecule has 1 amide bonds. The number of carbonyl (C=O) groups excluding carboxylic acids is 1. The first kappa shape index (κ1) is 14.1. The van der Waals surface area contributed by atoms with Gasteiger partial charge in [0.1, 0.15) is 11.5 Å². The monoisotopic (exact) mass is 258 g/mol. The Balaban J connectivity index is 0.00000144. The molecule has 1 aromatic rings. The lowest BCUT2D eigenvalue weighted by molar-refractivity contribution is 0.0713. The van der Waals surface area contributed by atoms with Crippen LogP contribution in [0.3, 0.4) is 0 Å². The van der Waals surface area contributed by atoms with E-state index in [1.54, 1.807) is 0 Å². The molecule has 0 aliphatic carbocycles. The summed E-state index contributed by atoms with van der Waals surface area (Å²) in [5.41, 5.74) is 6.50. The van der Waals surface area contributed by atoms with E-state index in [0.29, 0.717) is 11.3 Å². The third kappa shape index (κ3) is 3.01. The fourth-order valence-electron chi connectivity index (χ4n) is 2.12. The minimum absolute atomic E-state index is 0. The van der Waals surface area contributed by atoms with Crippen LogP contribution in [0.15, 0.2) is 10.5 Å². The van der Waals surface area contributed by atoms with Crippen molar-refractivity contribution < 1.29 is 9.21 Å². The largest absolute Gasteiger partial charge is 0.466 e. The quantitative estimate of drug-likeness (QED) is 0.837. The molecule has 1 aliphatic heterocycles. The van der Waals surface area contributed by atoms with Gasteiger partial charge in [-0.05, 0) is 32.8 Å². The second-order valence-electron chi connectivity index (χ2n) is 4.46. The predicted molar refractivity (Wildman–Crippen MR) is 68.5 cm³/mol. The Morgan fingerprint density at radius 1 is 1.41 bits per heavy atom. The van der Waals surface area contributed by atoms with Crippen molar-refractivity contribution in [3.05, 3.63) is 23.2 Å². The Labute approximate surface area is 108 Å². The van der Waals surface area contributed by atoms with Crippen LogP contribution >= 0.6 is 12.4 Å². The van der Waals surface area contributed by atoms with Gasteiger partial charge in [0, 0.05) is 19.1 Å². The van der Waals surface area contributed by atoms with Gasteiger partial charge in [-0.2, -0.15) is 0 Å². The van der Waals surface area contributed by atoms with Crippen LogP contribution in [0.25, 0.3) is 0 Å². The van der Waals surface area contributed by atoms with E-state index in [4.69, 9.17) is 10.2 Å². The number of likely N-dealkylation sites (tertiary alicyclic amines) is 1. The van der Waals surface area contributed by atoms with E-state index in [-0.39, 0.29) is 24.4 Å². The van der Waals surface area contributed by atoms with E-state index in [1.807, 2.05) is 24.8 Å². The van der Waals surface area contributed by atoms with E-state index >= 15 is 0 Å². The molecule has 96 valence electrons. The summed E-state index contributed by atoms with van der Waals surface area (Å²) in [7, 11) is 0. The molecule has 2 rings (SSSR count). The fourth-order valence-corrected chi connectivity index (χ4v) is 2.12. The predicted octanol–water partition coefficient (Wildman–Crippen LogP) is 1.88. The summed E-state index contributed by atoms with van der Waals surface area (Å²) < 4.78 is 5.38. The van der Waals surface area contributed by atoms with Crippen molar-refractivity contribution in [1.82, 2.24) is 4.90 Å². The highest BCUT2D eigenvalue weighted by atomic mass is 35.5. The van der Waals surface area contributed by atoms with Crippen molar-refractivity contribution in [3.8, 4) is 0 Å². The zero-order chi connectivity index (χ0) is 11.7. The summed E-state index contributed by atoms with van der Waals surface area (Å²) in [5.74, 6) is 1.56. The summed E-state index contributed by atoms with van der Waals surface area (Å²) in [5, 5.41) is 0. The number of piperidine rings is 1. The van der Waals surface area contributed by atoms with Crippen LogP contribution < -0.4 is 5.73 Å². The summed E-state index contributed by atoms with van der Waals surface area (Å²) in [6.07, 6.45) is 1.78. The molecule has 0 aromatic carbocycles. The fraction of sp³-hybridized carbons (Fsp3) is 0.583. The molecular weight excluding hydrogens is 240 g/mol. The summed E-state index contributed by atoms with van der Waals surface area (Å²) in [6, 6.07) is 2.06. The van der Waals surface area contributed by atoms with E-state index in [9.17, 15) is 4.79 Å². The number of furan rings is 1. The van der Waals surface area contributed by atoms with Gasteiger partial charge in [-0.1, -0.05) is 0 Å². The van der Waals surface area contributed by atoms with Crippen LogP contribution in [-0.2, 0) is 0 Å². The molecule has 0 radical (unpaired) electrons. The lowest BCUT2D eigenvalue weighted by Gasteiger charge is -2.30. The molecule has 0 atom stereocenters. The van der Waals surface area contributed by atoms with Gasteiger partial charge in [0.05, 0.1) is 5.56 Å². The normalized spacial score (nSPS) is 16.8. The lowest BCUT2D eigenvalue weighted by atomic mass is 10.1. The van der Waals surface area contributed by atoms with Gasteiger partial charge in [0.15, 0.2) is 0 Å². The van der Waals surface area contributed by atoms with Crippen molar-refractivity contribution in [2.45, 2.75) is 32.7 Å². The van der Waals surface area contributed by atoms with Crippen molar-refractivity contribution >= 4 is 18.3 Å². The van der Waals surface area contributed by atoms with Gasteiger partial charge in [-0.15, -0.1) is 12.4 Å². The highest BCUT2D eigenvalue weighted by Gasteiger charge is 2.24. The minimum Gasteiger partial charge on any atom is -0.466 e. The molecule has 1 fully saturated rings. The Bertz CT molecular complexity index is 395. The number of hydrogen-bond acceptors (Lipinski definition) is 3. The first-order valence-electron chi connectivity index (χ1n) is 5.70.